The van der Waals surface area contributed by atoms with E-state index in [1.165, 1.54) is 6.26 Å². The summed E-state index contributed by atoms with van der Waals surface area (Å²) in [5.74, 6) is 0.137. The summed E-state index contributed by atoms with van der Waals surface area (Å²) in [4.78, 5) is 16.2. The van der Waals surface area contributed by atoms with Crippen molar-refractivity contribution >= 4 is 21.8 Å². The third-order valence-corrected chi connectivity index (χ3v) is 3.51. The van der Waals surface area contributed by atoms with Crippen molar-refractivity contribution in [3.8, 4) is 0 Å². The fraction of sp³-hybridized carbons (Fsp3) is 0.333. The maximum Gasteiger partial charge on any atom is 0.273 e. The molecule has 2 rings (SSSR count). The lowest BCUT2D eigenvalue weighted by Gasteiger charge is -2.04. The summed E-state index contributed by atoms with van der Waals surface area (Å²) in [6.45, 7) is 2.47. The van der Waals surface area contributed by atoms with Gasteiger partial charge >= 0.3 is 0 Å². The average Bonchev–Trinajstić information content (AvgIpc) is 2.95. The van der Waals surface area contributed by atoms with Crippen LogP contribution in [-0.4, -0.2) is 10.9 Å². The molecule has 1 heterocycles. The minimum Gasteiger partial charge on any atom is -0.446 e. The zero-order valence-corrected chi connectivity index (χ0v) is 13.4. The Balaban J connectivity index is 1.94. The number of carbonyl (C=O) groups is 1. The van der Waals surface area contributed by atoms with E-state index in [-0.39, 0.29) is 17.6 Å². The highest BCUT2D eigenvalue weighted by atomic mass is 79.9. The van der Waals surface area contributed by atoms with Crippen molar-refractivity contribution in [2.24, 2.45) is 5.73 Å². The van der Waals surface area contributed by atoms with Gasteiger partial charge in [0.25, 0.3) is 5.91 Å². The minimum atomic E-state index is -0.270. The van der Waals surface area contributed by atoms with Crippen LogP contribution in [0.1, 0.15) is 47.7 Å². The van der Waals surface area contributed by atoms with Gasteiger partial charge in [0.15, 0.2) is 5.69 Å². The van der Waals surface area contributed by atoms with E-state index >= 15 is 0 Å². The first kappa shape index (κ1) is 15.7. The van der Waals surface area contributed by atoms with Crippen LogP contribution in [0.3, 0.4) is 0 Å². The molecule has 1 aromatic carbocycles. The Morgan fingerprint density at radius 3 is 3.05 bits per heavy atom. The van der Waals surface area contributed by atoms with Crippen molar-refractivity contribution in [2.45, 2.75) is 32.4 Å². The van der Waals surface area contributed by atoms with Gasteiger partial charge in [0.05, 0.1) is 6.04 Å². The van der Waals surface area contributed by atoms with Crippen LogP contribution >= 0.6 is 15.9 Å². The number of nitrogens with one attached hydrogen (secondary N) is 1. The molecule has 0 aliphatic heterocycles. The molecule has 1 unspecified atom stereocenters. The van der Waals surface area contributed by atoms with Gasteiger partial charge in [-0.25, -0.2) is 4.98 Å². The first-order chi connectivity index (χ1) is 10.1. The first-order valence-electron chi connectivity index (χ1n) is 6.83. The molecule has 2 aromatic rings. The van der Waals surface area contributed by atoms with E-state index in [9.17, 15) is 4.79 Å². The van der Waals surface area contributed by atoms with Gasteiger partial charge in [-0.2, -0.15) is 0 Å². The standard InChI is InChI=1S/C15H18BrN3O2/c1-2-4-12(17)15-19-13(9-21-15)14(20)18-8-10-5-3-6-11(16)7-10/h3,5-7,9,12H,2,4,8,17H2,1H3,(H,18,20). The van der Waals surface area contributed by atoms with E-state index < -0.39 is 0 Å². The second-order valence-corrected chi connectivity index (χ2v) is 5.69. The topological polar surface area (TPSA) is 81.1 Å². The predicted octanol–water partition coefficient (Wildman–Crippen LogP) is 3.17. The van der Waals surface area contributed by atoms with E-state index in [4.69, 9.17) is 10.2 Å². The molecule has 6 heteroatoms. The summed E-state index contributed by atoms with van der Waals surface area (Å²) >= 11 is 3.39. The Morgan fingerprint density at radius 2 is 2.33 bits per heavy atom. The number of nitrogens with two attached hydrogens (primary N) is 1. The van der Waals surface area contributed by atoms with Gasteiger partial charge < -0.3 is 15.5 Å². The summed E-state index contributed by atoms with van der Waals surface area (Å²) in [6, 6.07) is 7.48. The van der Waals surface area contributed by atoms with Crippen LogP contribution in [0.2, 0.25) is 0 Å². The Kier molecular flexibility index (Phi) is 5.52. The van der Waals surface area contributed by atoms with E-state index in [0.29, 0.717) is 12.4 Å². The van der Waals surface area contributed by atoms with Crippen LogP contribution in [0.4, 0.5) is 0 Å². The zero-order chi connectivity index (χ0) is 15.2. The second kappa shape index (κ2) is 7.38. The quantitative estimate of drug-likeness (QED) is 0.837. The summed E-state index contributed by atoms with van der Waals surface area (Å²) < 4.78 is 6.24. The number of oxazole rings is 1. The number of nitrogens with zero attached hydrogens (tertiary/aromatic N) is 1. The number of benzene rings is 1. The number of carbonyl (C=O) groups excluding carboxylic acids is 1. The molecule has 0 aliphatic carbocycles. The zero-order valence-electron chi connectivity index (χ0n) is 11.8. The van der Waals surface area contributed by atoms with Crippen molar-refractivity contribution in [3.05, 3.63) is 52.1 Å². The third-order valence-electron chi connectivity index (χ3n) is 3.01. The lowest BCUT2D eigenvalue weighted by atomic mass is 10.2. The summed E-state index contributed by atoms with van der Waals surface area (Å²) in [5.41, 5.74) is 7.17. The highest BCUT2D eigenvalue weighted by Crippen LogP contribution is 2.15. The van der Waals surface area contributed by atoms with Crippen molar-refractivity contribution in [1.29, 1.82) is 0 Å². The summed E-state index contributed by atoms with van der Waals surface area (Å²) in [7, 11) is 0. The van der Waals surface area contributed by atoms with Crippen LogP contribution in [-0.2, 0) is 6.54 Å². The SMILES string of the molecule is CCCC(N)c1nc(C(=O)NCc2cccc(Br)c2)co1. The van der Waals surface area contributed by atoms with Gasteiger partial charge in [0.2, 0.25) is 5.89 Å². The van der Waals surface area contributed by atoms with E-state index in [1.807, 2.05) is 31.2 Å². The molecule has 0 radical (unpaired) electrons. The van der Waals surface area contributed by atoms with Crippen molar-refractivity contribution in [2.75, 3.05) is 0 Å². The van der Waals surface area contributed by atoms with Gasteiger partial charge in [0.1, 0.15) is 6.26 Å². The van der Waals surface area contributed by atoms with Gasteiger partial charge in [-0.05, 0) is 24.1 Å². The van der Waals surface area contributed by atoms with Gasteiger partial charge in [-0.3, -0.25) is 4.79 Å². The number of hydrogen-bond acceptors (Lipinski definition) is 4. The number of aromatic nitrogens is 1. The van der Waals surface area contributed by atoms with E-state index in [1.54, 1.807) is 0 Å². The lowest BCUT2D eigenvalue weighted by molar-refractivity contribution is 0.0946. The molecule has 0 saturated heterocycles. The normalized spacial score (nSPS) is 12.1. The first-order valence-corrected chi connectivity index (χ1v) is 7.63. The highest BCUT2D eigenvalue weighted by molar-refractivity contribution is 9.10. The molecule has 1 atom stereocenters. The Bertz CT molecular complexity index is 612. The molecular weight excluding hydrogens is 334 g/mol. The fourth-order valence-corrected chi connectivity index (χ4v) is 2.36. The largest absolute Gasteiger partial charge is 0.446 e. The summed E-state index contributed by atoms with van der Waals surface area (Å²) in [6.07, 6.45) is 3.06. The molecule has 1 amide bonds. The second-order valence-electron chi connectivity index (χ2n) is 4.78. The Labute approximate surface area is 132 Å². The lowest BCUT2D eigenvalue weighted by Crippen LogP contribution is -2.23. The Hall–Kier alpha value is -1.66. The maximum atomic E-state index is 12.0. The van der Waals surface area contributed by atoms with E-state index in [0.717, 1.165) is 22.9 Å². The van der Waals surface area contributed by atoms with Crippen LogP contribution in [0.15, 0.2) is 39.4 Å². The van der Waals surface area contributed by atoms with Gasteiger partial charge in [-0.1, -0.05) is 41.4 Å². The molecule has 0 saturated carbocycles. The third kappa shape index (κ3) is 4.41. The number of halogens is 1. The number of rotatable bonds is 6. The molecule has 21 heavy (non-hydrogen) atoms. The van der Waals surface area contributed by atoms with Crippen LogP contribution < -0.4 is 11.1 Å². The molecule has 5 nitrogen and oxygen atoms in total. The van der Waals surface area contributed by atoms with Crippen molar-refractivity contribution in [3.63, 3.8) is 0 Å². The number of hydrogen-bond donors (Lipinski definition) is 2. The van der Waals surface area contributed by atoms with Gasteiger partial charge in [-0.15, -0.1) is 0 Å². The van der Waals surface area contributed by atoms with Gasteiger partial charge in [0, 0.05) is 11.0 Å². The molecule has 112 valence electrons. The fourth-order valence-electron chi connectivity index (χ4n) is 1.92. The smallest absolute Gasteiger partial charge is 0.273 e. The van der Waals surface area contributed by atoms with Crippen LogP contribution in [0, 0.1) is 0 Å². The highest BCUT2D eigenvalue weighted by Gasteiger charge is 2.16. The minimum absolute atomic E-state index is 0.256. The van der Waals surface area contributed by atoms with Crippen molar-refractivity contribution < 1.29 is 9.21 Å². The molecule has 0 fully saturated rings. The van der Waals surface area contributed by atoms with Crippen molar-refractivity contribution in [1.82, 2.24) is 10.3 Å². The molecular formula is C15H18BrN3O2. The van der Waals surface area contributed by atoms with Crippen LogP contribution in [0.5, 0.6) is 0 Å². The average molecular weight is 352 g/mol. The molecule has 0 spiro atoms. The summed E-state index contributed by atoms with van der Waals surface area (Å²) in [5, 5.41) is 2.80. The van der Waals surface area contributed by atoms with Crippen LogP contribution in [0.25, 0.3) is 0 Å². The molecule has 3 N–H and O–H groups in total. The predicted molar refractivity (Wildman–Crippen MR) is 83.7 cm³/mol. The number of amides is 1. The molecule has 0 aliphatic rings. The molecule has 1 aromatic heterocycles. The molecule has 0 bridgehead atoms. The van der Waals surface area contributed by atoms with E-state index in [2.05, 4.69) is 26.2 Å². The monoisotopic (exact) mass is 351 g/mol. The maximum absolute atomic E-state index is 12.0. The Morgan fingerprint density at radius 1 is 1.52 bits per heavy atom.